The maximum Gasteiger partial charge on any atom is 0.270 e. The molecule has 9 heteroatoms. The van der Waals surface area contributed by atoms with Crippen molar-refractivity contribution in [1.82, 2.24) is 0 Å². The van der Waals surface area contributed by atoms with Gasteiger partial charge in [-0.1, -0.05) is 0 Å². The van der Waals surface area contributed by atoms with E-state index in [9.17, 15) is 25.0 Å². The molecule has 2 N–H and O–H groups in total. The van der Waals surface area contributed by atoms with Gasteiger partial charge in [-0.2, -0.15) is 0 Å². The van der Waals surface area contributed by atoms with Gasteiger partial charge in [0.2, 0.25) is 0 Å². The van der Waals surface area contributed by atoms with Gasteiger partial charge in [-0.25, -0.2) is 0 Å². The first-order valence-electron chi connectivity index (χ1n) is 6.14. The molecule has 0 amide bonds. The summed E-state index contributed by atoms with van der Waals surface area (Å²) in [4.78, 5) is 30.1. The summed E-state index contributed by atoms with van der Waals surface area (Å²) in [6.45, 7) is 1.23. The van der Waals surface area contributed by atoms with E-state index < -0.39 is 15.6 Å². The van der Waals surface area contributed by atoms with Crippen molar-refractivity contribution < 1.29 is 24.9 Å². The molecule has 2 rings (SSSR count). The van der Waals surface area contributed by atoms with Crippen molar-refractivity contribution >= 4 is 17.2 Å². The van der Waals surface area contributed by atoms with Gasteiger partial charge in [0, 0.05) is 24.3 Å². The molecule has 0 radical (unpaired) electrons. The lowest BCUT2D eigenvalue weighted by Crippen LogP contribution is -1.95. The highest BCUT2D eigenvalue weighted by molar-refractivity contribution is 5.97. The lowest BCUT2D eigenvalue weighted by molar-refractivity contribution is -0.385. The van der Waals surface area contributed by atoms with Crippen molar-refractivity contribution in [2.75, 3.05) is 0 Å². The number of nitro benzene ring substituents is 2. The van der Waals surface area contributed by atoms with Crippen LogP contribution in [0.5, 0.6) is 11.5 Å². The van der Waals surface area contributed by atoms with Crippen molar-refractivity contribution in [3.63, 3.8) is 0 Å². The minimum Gasteiger partial charge on any atom is -0.508 e. The molecule has 0 saturated heterocycles. The Labute approximate surface area is 129 Å². The Morgan fingerprint density at radius 1 is 0.913 bits per heavy atom. The van der Waals surface area contributed by atoms with E-state index in [0.717, 1.165) is 18.2 Å². The normalized spacial score (nSPS) is 9.43. The third kappa shape index (κ3) is 5.08. The molecule has 0 unspecified atom stereocenters. The summed E-state index contributed by atoms with van der Waals surface area (Å²) in [5.41, 5.74) is -0.255. The van der Waals surface area contributed by atoms with E-state index in [2.05, 4.69) is 0 Å². The Morgan fingerprint density at radius 2 is 1.39 bits per heavy atom. The molecule has 120 valence electrons. The van der Waals surface area contributed by atoms with Crippen LogP contribution >= 0.6 is 0 Å². The number of nitro groups is 2. The van der Waals surface area contributed by atoms with Crippen LogP contribution < -0.4 is 0 Å². The summed E-state index contributed by atoms with van der Waals surface area (Å²) in [6.07, 6.45) is 0. The Balaban J connectivity index is 0.000000238. The number of hydrogen-bond acceptors (Lipinski definition) is 7. The van der Waals surface area contributed by atoms with Crippen LogP contribution in [0.4, 0.5) is 11.4 Å². The minimum absolute atomic E-state index is 0.0159. The molecule has 23 heavy (non-hydrogen) atoms. The second-order valence-corrected chi connectivity index (χ2v) is 4.29. The molecule has 0 heterocycles. The number of non-ortho nitro benzene ring substituents is 2. The maximum atomic E-state index is 10.9. The van der Waals surface area contributed by atoms with Gasteiger partial charge in [-0.05, 0) is 25.1 Å². The molecule has 0 aliphatic rings. The number of phenolic OH excluding ortho intramolecular Hbond substituents is 2. The zero-order chi connectivity index (χ0) is 17.6. The zero-order valence-electron chi connectivity index (χ0n) is 11.9. The molecule has 0 spiro atoms. The summed E-state index contributed by atoms with van der Waals surface area (Å²) < 4.78 is 0. The Bertz CT molecular complexity index is 741. The summed E-state index contributed by atoms with van der Waals surface area (Å²) >= 11 is 0. The molecule has 0 bridgehead atoms. The quantitative estimate of drug-likeness (QED) is 0.502. The summed E-state index contributed by atoms with van der Waals surface area (Å²) in [6, 6.07) is 8.37. The van der Waals surface area contributed by atoms with Crippen LogP contribution in [0.2, 0.25) is 0 Å². The van der Waals surface area contributed by atoms with Crippen LogP contribution in [-0.2, 0) is 0 Å². The molecule has 2 aromatic carbocycles. The second-order valence-electron chi connectivity index (χ2n) is 4.29. The summed E-state index contributed by atoms with van der Waals surface area (Å²) in [5, 5.41) is 38.2. The van der Waals surface area contributed by atoms with Crippen LogP contribution in [0, 0.1) is 20.2 Å². The molecular weight excluding hydrogens is 308 g/mol. The average molecular weight is 320 g/mol. The van der Waals surface area contributed by atoms with E-state index in [0.29, 0.717) is 0 Å². The number of benzene rings is 2. The van der Waals surface area contributed by atoms with Crippen LogP contribution in [0.3, 0.4) is 0 Å². The topological polar surface area (TPSA) is 144 Å². The van der Waals surface area contributed by atoms with Crippen LogP contribution in [-0.4, -0.2) is 25.8 Å². The zero-order valence-corrected chi connectivity index (χ0v) is 11.9. The number of ketones is 1. The summed E-state index contributed by atoms with van der Waals surface area (Å²) in [5.74, 6) is -0.607. The minimum atomic E-state index is -0.619. The first-order chi connectivity index (χ1) is 10.7. The summed E-state index contributed by atoms with van der Waals surface area (Å²) in [7, 11) is 0. The van der Waals surface area contributed by atoms with Gasteiger partial charge < -0.3 is 10.2 Å². The van der Waals surface area contributed by atoms with E-state index in [1.807, 2.05) is 0 Å². The lowest BCUT2D eigenvalue weighted by atomic mass is 10.1. The number of hydrogen-bond donors (Lipinski definition) is 2. The fraction of sp³-hybridized carbons (Fsp3) is 0.0714. The highest BCUT2D eigenvalue weighted by Crippen LogP contribution is 2.22. The number of carbonyl (C=O) groups is 1. The largest absolute Gasteiger partial charge is 0.508 e. The number of aromatic hydroxyl groups is 2. The van der Waals surface area contributed by atoms with Gasteiger partial charge in [-0.15, -0.1) is 0 Å². The van der Waals surface area contributed by atoms with Crippen molar-refractivity contribution in [1.29, 1.82) is 0 Å². The standard InChI is InChI=1S/C8H7NO4.C6H5NO3/c1-5(10)7-4-6(9(12)13)2-3-8(7)11;8-6-3-1-5(2-4-6)7(9)10/h2-4,11H,1H3;1-4,8H. The highest BCUT2D eigenvalue weighted by atomic mass is 16.6. The van der Waals surface area contributed by atoms with E-state index in [4.69, 9.17) is 10.2 Å². The third-order valence-corrected chi connectivity index (χ3v) is 2.63. The molecule has 0 saturated carbocycles. The fourth-order valence-corrected chi connectivity index (χ4v) is 1.49. The average Bonchev–Trinajstić information content (AvgIpc) is 2.48. The van der Waals surface area contributed by atoms with Gasteiger partial charge in [0.05, 0.1) is 15.4 Å². The predicted molar refractivity (Wildman–Crippen MR) is 79.5 cm³/mol. The Hall–Kier alpha value is -3.49. The number of Topliss-reactive ketones (excluding diaryl/α,β-unsaturated/α-hetero) is 1. The predicted octanol–water partition coefficient (Wildman–Crippen LogP) is 2.80. The maximum absolute atomic E-state index is 10.9. The van der Waals surface area contributed by atoms with Gasteiger partial charge in [0.15, 0.2) is 5.78 Å². The number of carbonyl (C=O) groups excluding carboxylic acids is 1. The van der Waals surface area contributed by atoms with Crippen molar-refractivity contribution in [3.8, 4) is 11.5 Å². The third-order valence-electron chi connectivity index (χ3n) is 2.63. The van der Waals surface area contributed by atoms with Crippen molar-refractivity contribution in [2.45, 2.75) is 6.92 Å². The smallest absolute Gasteiger partial charge is 0.270 e. The van der Waals surface area contributed by atoms with E-state index >= 15 is 0 Å². The molecule has 9 nitrogen and oxygen atoms in total. The number of nitrogens with zero attached hydrogens (tertiary/aromatic N) is 2. The Kier molecular flexibility index (Phi) is 5.73. The number of rotatable bonds is 3. The van der Waals surface area contributed by atoms with Crippen LogP contribution in [0.25, 0.3) is 0 Å². The van der Waals surface area contributed by atoms with Crippen molar-refractivity contribution in [3.05, 3.63) is 68.3 Å². The van der Waals surface area contributed by atoms with Crippen LogP contribution in [0.1, 0.15) is 17.3 Å². The van der Waals surface area contributed by atoms with Gasteiger partial charge in [0.1, 0.15) is 11.5 Å². The van der Waals surface area contributed by atoms with Crippen LogP contribution in [0.15, 0.2) is 42.5 Å². The SMILES string of the molecule is CC(=O)c1cc([N+](=O)[O-])ccc1O.O=[N+]([O-])c1ccc(O)cc1. The highest BCUT2D eigenvalue weighted by Gasteiger charge is 2.12. The Morgan fingerprint density at radius 3 is 1.83 bits per heavy atom. The molecular formula is C14H12N2O7. The van der Waals surface area contributed by atoms with E-state index in [1.54, 1.807) is 0 Å². The fourth-order valence-electron chi connectivity index (χ4n) is 1.49. The van der Waals surface area contributed by atoms with E-state index in [1.165, 1.54) is 31.2 Å². The van der Waals surface area contributed by atoms with Gasteiger partial charge in [0.25, 0.3) is 11.4 Å². The monoisotopic (exact) mass is 320 g/mol. The first kappa shape index (κ1) is 17.6. The molecule has 0 fully saturated rings. The van der Waals surface area contributed by atoms with Gasteiger partial charge >= 0.3 is 0 Å². The van der Waals surface area contributed by atoms with Crippen molar-refractivity contribution in [2.24, 2.45) is 0 Å². The van der Waals surface area contributed by atoms with Gasteiger partial charge in [-0.3, -0.25) is 25.0 Å². The molecule has 0 atom stereocenters. The number of phenols is 2. The second kappa shape index (κ2) is 7.50. The molecule has 2 aromatic rings. The van der Waals surface area contributed by atoms with E-state index in [-0.39, 0.29) is 28.4 Å². The molecule has 0 aliphatic carbocycles. The lowest BCUT2D eigenvalue weighted by Gasteiger charge is -1.98. The molecule has 0 aliphatic heterocycles. The first-order valence-corrected chi connectivity index (χ1v) is 6.14. The molecule has 0 aromatic heterocycles.